The van der Waals surface area contributed by atoms with Crippen LogP contribution in [0.25, 0.3) is 11.3 Å². The van der Waals surface area contributed by atoms with Crippen LogP contribution in [0.15, 0.2) is 67.0 Å². The molecule has 0 radical (unpaired) electrons. The summed E-state index contributed by atoms with van der Waals surface area (Å²) in [5.74, 6) is -0.736. The smallest absolute Gasteiger partial charge is 0.381 e. The Kier molecular flexibility index (Phi) is 8.20. The number of carbonyl (C=O) groups is 1. The number of nitrogens with one attached hydrogen (secondary N) is 3. The highest BCUT2D eigenvalue weighted by atomic mass is 19.4. The van der Waals surface area contributed by atoms with Gasteiger partial charge in [-0.1, -0.05) is 24.3 Å². The van der Waals surface area contributed by atoms with Gasteiger partial charge in [-0.3, -0.25) is 4.79 Å². The van der Waals surface area contributed by atoms with Crippen LogP contribution in [-0.2, 0) is 12.7 Å². The molecular formula is C26H24F4N8O. The van der Waals surface area contributed by atoms with Gasteiger partial charge in [-0.25, -0.2) is 19.3 Å². The second-order valence-corrected chi connectivity index (χ2v) is 8.33. The van der Waals surface area contributed by atoms with Crippen molar-refractivity contribution in [2.45, 2.75) is 12.7 Å². The largest absolute Gasteiger partial charge is 0.417 e. The summed E-state index contributed by atoms with van der Waals surface area (Å²) in [7, 11) is 0. The fraction of sp³-hybridized carbons (Fsp3) is 0.154. The van der Waals surface area contributed by atoms with E-state index in [4.69, 9.17) is 11.5 Å². The lowest BCUT2D eigenvalue weighted by Gasteiger charge is -2.14. The van der Waals surface area contributed by atoms with Gasteiger partial charge in [0, 0.05) is 37.1 Å². The molecule has 2 heterocycles. The van der Waals surface area contributed by atoms with E-state index in [1.54, 1.807) is 24.3 Å². The number of aromatic nitrogens is 3. The zero-order valence-corrected chi connectivity index (χ0v) is 20.4. The summed E-state index contributed by atoms with van der Waals surface area (Å²) in [6, 6.07) is 12.7. The van der Waals surface area contributed by atoms with E-state index in [0.717, 1.165) is 23.3 Å². The van der Waals surface area contributed by atoms with Crippen LogP contribution in [0.3, 0.4) is 0 Å². The molecule has 7 N–H and O–H groups in total. The van der Waals surface area contributed by atoms with Crippen LogP contribution in [0.4, 0.5) is 40.7 Å². The molecule has 0 saturated heterocycles. The number of nitrogens with zero attached hydrogens (tertiary/aromatic N) is 3. The number of benzene rings is 2. The third-order valence-corrected chi connectivity index (χ3v) is 5.51. The van der Waals surface area contributed by atoms with Gasteiger partial charge in [0.25, 0.3) is 5.91 Å². The summed E-state index contributed by atoms with van der Waals surface area (Å²) in [5, 5.41) is 8.39. The van der Waals surface area contributed by atoms with Gasteiger partial charge in [0.05, 0.1) is 23.0 Å². The molecule has 4 aromatic rings. The average Bonchev–Trinajstić information content (AvgIpc) is 2.92. The van der Waals surface area contributed by atoms with E-state index in [-0.39, 0.29) is 29.4 Å². The fourth-order valence-electron chi connectivity index (χ4n) is 3.50. The first-order valence-corrected chi connectivity index (χ1v) is 11.7. The third kappa shape index (κ3) is 6.96. The first-order chi connectivity index (χ1) is 18.6. The highest BCUT2D eigenvalue weighted by molar-refractivity contribution is 6.07. The summed E-state index contributed by atoms with van der Waals surface area (Å²) in [5.41, 5.74) is 12.3. The quantitative estimate of drug-likeness (QED) is 0.195. The molecule has 0 spiro atoms. The molecule has 9 nitrogen and oxygen atoms in total. The van der Waals surface area contributed by atoms with E-state index < -0.39 is 23.5 Å². The summed E-state index contributed by atoms with van der Waals surface area (Å²) in [4.78, 5) is 25.3. The molecule has 0 aliphatic carbocycles. The van der Waals surface area contributed by atoms with Crippen molar-refractivity contribution in [1.29, 1.82) is 0 Å². The number of rotatable bonds is 9. The van der Waals surface area contributed by atoms with E-state index >= 15 is 0 Å². The lowest BCUT2D eigenvalue weighted by molar-refractivity contribution is -0.137. The number of pyridine rings is 1. The van der Waals surface area contributed by atoms with Crippen LogP contribution in [-0.4, -0.2) is 33.9 Å². The number of nitrogen functional groups attached to an aromatic ring is 1. The number of halogens is 4. The van der Waals surface area contributed by atoms with Crippen LogP contribution >= 0.6 is 0 Å². The normalized spacial score (nSPS) is 11.2. The number of hydrogen-bond donors (Lipinski definition) is 5. The Balaban J connectivity index is 1.51. The van der Waals surface area contributed by atoms with E-state index in [1.165, 1.54) is 18.3 Å². The molecule has 2 aromatic heterocycles. The maximum atomic E-state index is 13.3. The highest BCUT2D eigenvalue weighted by Crippen LogP contribution is 2.31. The van der Waals surface area contributed by atoms with Gasteiger partial charge < -0.3 is 27.4 Å². The van der Waals surface area contributed by atoms with Gasteiger partial charge in [-0.15, -0.1) is 0 Å². The Bertz CT molecular complexity index is 1440. The molecule has 0 aliphatic rings. The Labute approximate surface area is 220 Å². The monoisotopic (exact) mass is 540 g/mol. The van der Waals surface area contributed by atoms with Gasteiger partial charge in [-0.2, -0.15) is 13.2 Å². The molecule has 202 valence electrons. The topological polar surface area (TPSA) is 144 Å². The molecule has 39 heavy (non-hydrogen) atoms. The standard InChI is InChI=1S/C26H24F4N8O/c27-18-5-7-19(8-6-18)37-25(39)20-11-17(26(28,29)30)13-36-23(20)35-12-15-1-3-16(4-2-15)21-14-34-22(32)24(38-21)33-10-9-31/h1-8,11,13-14H,9-10,12,31H2,(H2,32,34)(H,33,38)(H,35,36)(H,37,39). The van der Waals surface area contributed by atoms with Crippen LogP contribution < -0.4 is 27.4 Å². The van der Waals surface area contributed by atoms with Crippen LogP contribution in [0, 0.1) is 5.82 Å². The molecule has 13 heteroatoms. The molecule has 1 amide bonds. The number of nitrogens with two attached hydrogens (primary N) is 2. The minimum Gasteiger partial charge on any atom is -0.381 e. The predicted molar refractivity (Wildman–Crippen MR) is 140 cm³/mol. The minimum atomic E-state index is -4.70. The minimum absolute atomic E-state index is 0.0493. The van der Waals surface area contributed by atoms with Gasteiger partial charge in [0.1, 0.15) is 11.6 Å². The van der Waals surface area contributed by atoms with Crippen LogP contribution in [0.5, 0.6) is 0 Å². The zero-order valence-electron chi connectivity index (χ0n) is 20.4. The maximum absolute atomic E-state index is 13.3. The number of anilines is 4. The Morgan fingerprint density at radius 1 is 0.923 bits per heavy atom. The van der Waals surface area contributed by atoms with Crippen molar-refractivity contribution in [3.05, 3.63) is 89.5 Å². The lowest BCUT2D eigenvalue weighted by Crippen LogP contribution is -2.18. The van der Waals surface area contributed by atoms with Gasteiger partial charge in [-0.05, 0) is 35.9 Å². The molecular weight excluding hydrogens is 516 g/mol. The predicted octanol–water partition coefficient (Wildman–Crippen LogP) is 4.51. The summed E-state index contributed by atoms with van der Waals surface area (Å²) in [6.07, 6.45) is -2.51. The van der Waals surface area contributed by atoms with Crippen molar-refractivity contribution in [1.82, 2.24) is 15.0 Å². The summed E-state index contributed by atoms with van der Waals surface area (Å²) < 4.78 is 53.1. The van der Waals surface area contributed by atoms with Crippen molar-refractivity contribution >= 4 is 29.0 Å². The lowest BCUT2D eigenvalue weighted by atomic mass is 10.1. The van der Waals surface area contributed by atoms with E-state index in [9.17, 15) is 22.4 Å². The fourth-order valence-corrected chi connectivity index (χ4v) is 3.50. The third-order valence-electron chi connectivity index (χ3n) is 5.51. The van der Waals surface area contributed by atoms with E-state index in [0.29, 0.717) is 36.9 Å². The van der Waals surface area contributed by atoms with Gasteiger partial charge >= 0.3 is 6.18 Å². The van der Waals surface area contributed by atoms with Crippen molar-refractivity contribution in [3.63, 3.8) is 0 Å². The molecule has 2 aromatic carbocycles. The first kappa shape index (κ1) is 27.3. The van der Waals surface area contributed by atoms with E-state index in [2.05, 4.69) is 30.9 Å². The Morgan fingerprint density at radius 2 is 1.64 bits per heavy atom. The SMILES string of the molecule is NCCNc1nc(-c2ccc(CNc3ncc(C(F)(F)F)cc3C(=O)Nc3ccc(F)cc3)cc2)cnc1N. The number of alkyl halides is 3. The second-order valence-electron chi connectivity index (χ2n) is 8.33. The van der Waals surface area contributed by atoms with Crippen LogP contribution in [0.1, 0.15) is 21.5 Å². The van der Waals surface area contributed by atoms with Crippen molar-refractivity contribution in [2.24, 2.45) is 5.73 Å². The number of carbonyl (C=O) groups excluding carboxylic acids is 1. The number of amides is 1. The highest BCUT2D eigenvalue weighted by Gasteiger charge is 2.32. The Hall–Kier alpha value is -4.78. The van der Waals surface area contributed by atoms with E-state index in [1.807, 2.05) is 0 Å². The molecule has 0 bridgehead atoms. The average molecular weight is 541 g/mol. The van der Waals surface area contributed by atoms with Gasteiger partial charge in [0.15, 0.2) is 11.6 Å². The molecule has 0 unspecified atom stereocenters. The van der Waals surface area contributed by atoms with Crippen molar-refractivity contribution < 1.29 is 22.4 Å². The summed E-state index contributed by atoms with van der Waals surface area (Å²) in [6.45, 7) is 1.04. The van der Waals surface area contributed by atoms with Crippen molar-refractivity contribution in [2.75, 3.05) is 34.8 Å². The summed E-state index contributed by atoms with van der Waals surface area (Å²) >= 11 is 0. The first-order valence-electron chi connectivity index (χ1n) is 11.7. The zero-order chi connectivity index (χ0) is 28.0. The van der Waals surface area contributed by atoms with Crippen LogP contribution in [0.2, 0.25) is 0 Å². The maximum Gasteiger partial charge on any atom is 0.417 e. The second kappa shape index (κ2) is 11.7. The Morgan fingerprint density at radius 3 is 2.31 bits per heavy atom. The molecule has 0 saturated carbocycles. The van der Waals surface area contributed by atoms with Crippen molar-refractivity contribution in [3.8, 4) is 11.3 Å². The molecule has 0 fully saturated rings. The number of hydrogen-bond acceptors (Lipinski definition) is 8. The molecule has 0 atom stereocenters. The molecule has 0 aliphatic heterocycles. The van der Waals surface area contributed by atoms with Gasteiger partial charge in [0.2, 0.25) is 0 Å². The molecule has 4 rings (SSSR count).